The van der Waals surface area contributed by atoms with Crippen molar-refractivity contribution in [3.05, 3.63) is 36.2 Å². The summed E-state index contributed by atoms with van der Waals surface area (Å²) in [6, 6.07) is 0. The Morgan fingerprint density at radius 1 is 1.28 bits per heavy atom. The first kappa shape index (κ1) is 17.7. The van der Waals surface area contributed by atoms with E-state index in [2.05, 4.69) is 25.3 Å². The number of piperidine rings is 1. The van der Waals surface area contributed by atoms with Crippen LogP contribution in [-0.2, 0) is 16.4 Å². The van der Waals surface area contributed by atoms with Crippen LogP contribution in [0.5, 0.6) is 0 Å². The summed E-state index contributed by atoms with van der Waals surface area (Å²) in [7, 11) is -1.52. The molecule has 9 heteroatoms. The van der Waals surface area contributed by atoms with Gasteiger partial charge in [0.2, 0.25) is 5.95 Å². The third-order valence-corrected chi connectivity index (χ3v) is 5.32. The standard InChI is InChI=1S/C16H22N6O2S/c1-22(11-13-9-18-6-7-19-13)16-20-10-14(25(2,23)24)15(21-16)12-4-3-5-17-8-12/h6-7,9-10,12,17H,3-5,8,11H2,1-2H3/t12-/m0/s1. The molecule has 8 nitrogen and oxygen atoms in total. The molecule has 1 aliphatic rings. The fraction of sp³-hybridized carbons (Fsp3) is 0.500. The van der Waals surface area contributed by atoms with Gasteiger partial charge in [-0.2, -0.15) is 0 Å². The molecule has 1 saturated heterocycles. The molecule has 3 rings (SSSR count). The number of hydrogen-bond acceptors (Lipinski definition) is 8. The predicted octanol–water partition coefficient (Wildman–Crippen LogP) is 0.773. The van der Waals surface area contributed by atoms with E-state index in [-0.39, 0.29) is 10.8 Å². The van der Waals surface area contributed by atoms with Crippen molar-refractivity contribution in [3.63, 3.8) is 0 Å². The van der Waals surface area contributed by atoms with Gasteiger partial charge in [-0.3, -0.25) is 9.97 Å². The number of anilines is 1. The Bertz CT molecular complexity index is 822. The van der Waals surface area contributed by atoms with E-state index in [0.29, 0.717) is 18.2 Å². The zero-order chi connectivity index (χ0) is 17.9. The van der Waals surface area contributed by atoms with Crippen LogP contribution in [0.1, 0.15) is 30.1 Å². The number of sulfone groups is 1. The Morgan fingerprint density at radius 3 is 2.76 bits per heavy atom. The largest absolute Gasteiger partial charge is 0.338 e. The van der Waals surface area contributed by atoms with Crippen LogP contribution in [0.4, 0.5) is 5.95 Å². The highest BCUT2D eigenvalue weighted by atomic mass is 32.2. The first-order chi connectivity index (χ1) is 11.9. The molecule has 1 atom stereocenters. The zero-order valence-corrected chi connectivity index (χ0v) is 15.2. The van der Waals surface area contributed by atoms with Crippen LogP contribution in [0.25, 0.3) is 0 Å². The van der Waals surface area contributed by atoms with Gasteiger partial charge in [-0.25, -0.2) is 18.4 Å². The van der Waals surface area contributed by atoms with Gasteiger partial charge in [-0.1, -0.05) is 0 Å². The van der Waals surface area contributed by atoms with Crippen LogP contribution < -0.4 is 10.2 Å². The highest BCUT2D eigenvalue weighted by Gasteiger charge is 2.25. The summed E-state index contributed by atoms with van der Waals surface area (Å²) >= 11 is 0. The number of rotatable bonds is 5. The predicted molar refractivity (Wildman–Crippen MR) is 94.1 cm³/mol. The lowest BCUT2D eigenvalue weighted by Gasteiger charge is -2.25. The Kier molecular flexibility index (Phi) is 5.24. The average molecular weight is 362 g/mol. The number of nitrogens with zero attached hydrogens (tertiary/aromatic N) is 5. The summed E-state index contributed by atoms with van der Waals surface area (Å²) in [5.74, 6) is 0.559. The fourth-order valence-electron chi connectivity index (χ4n) is 2.95. The molecule has 0 amide bonds. The Hall–Kier alpha value is -2.13. The van der Waals surface area contributed by atoms with Crippen LogP contribution in [0, 0.1) is 0 Å². The quantitative estimate of drug-likeness (QED) is 0.832. The summed E-state index contributed by atoms with van der Waals surface area (Å²) in [6.07, 6.45) is 9.49. The van der Waals surface area contributed by atoms with Gasteiger partial charge in [0.15, 0.2) is 9.84 Å². The van der Waals surface area contributed by atoms with Gasteiger partial charge in [0.25, 0.3) is 0 Å². The average Bonchev–Trinajstić information content (AvgIpc) is 2.62. The molecule has 0 saturated carbocycles. The maximum Gasteiger partial charge on any atom is 0.225 e. The summed E-state index contributed by atoms with van der Waals surface area (Å²) in [6.45, 7) is 2.18. The Labute approximate surface area is 147 Å². The van der Waals surface area contributed by atoms with E-state index >= 15 is 0 Å². The summed E-state index contributed by atoms with van der Waals surface area (Å²) < 4.78 is 24.3. The molecule has 0 aromatic carbocycles. The molecule has 0 spiro atoms. The van der Waals surface area contributed by atoms with Crippen molar-refractivity contribution in [2.45, 2.75) is 30.2 Å². The van der Waals surface area contributed by atoms with Crippen molar-refractivity contribution in [1.29, 1.82) is 0 Å². The summed E-state index contributed by atoms with van der Waals surface area (Å²) in [4.78, 5) is 19.2. The first-order valence-electron chi connectivity index (χ1n) is 8.19. The monoisotopic (exact) mass is 362 g/mol. The van der Waals surface area contributed by atoms with Crippen LogP contribution in [-0.4, -0.2) is 54.7 Å². The minimum Gasteiger partial charge on any atom is -0.338 e. The van der Waals surface area contributed by atoms with Gasteiger partial charge in [-0.15, -0.1) is 0 Å². The summed E-state index contributed by atoms with van der Waals surface area (Å²) in [5.41, 5.74) is 1.40. The van der Waals surface area contributed by atoms with E-state index in [9.17, 15) is 8.42 Å². The molecule has 1 fully saturated rings. The SMILES string of the molecule is CN(Cc1cnccn1)c1ncc(S(C)(=O)=O)c([C@H]2CCCNC2)n1. The van der Waals surface area contributed by atoms with Crippen LogP contribution in [0.2, 0.25) is 0 Å². The molecule has 134 valence electrons. The second-order valence-corrected chi connectivity index (χ2v) is 8.27. The minimum absolute atomic E-state index is 0.0742. The highest BCUT2D eigenvalue weighted by Crippen LogP contribution is 2.28. The number of aromatic nitrogens is 4. The van der Waals surface area contributed by atoms with E-state index in [4.69, 9.17) is 0 Å². The second-order valence-electron chi connectivity index (χ2n) is 6.29. The molecule has 3 heterocycles. The topological polar surface area (TPSA) is 101 Å². The van der Waals surface area contributed by atoms with E-state index < -0.39 is 9.84 Å². The Morgan fingerprint density at radius 2 is 2.12 bits per heavy atom. The molecule has 2 aromatic heterocycles. The fourth-order valence-corrected chi connectivity index (χ4v) is 3.78. The first-order valence-corrected chi connectivity index (χ1v) is 10.1. The molecule has 25 heavy (non-hydrogen) atoms. The van der Waals surface area contributed by atoms with E-state index in [1.807, 2.05) is 11.9 Å². The lowest BCUT2D eigenvalue weighted by Crippen LogP contribution is -2.30. The lowest BCUT2D eigenvalue weighted by molar-refractivity contribution is 0.447. The second kappa shape index (κ2) is 7.40. The van der Waals surface area contributed by atoms with Crippen molar-refractivity contribution in [3.8, 4) is 0 Å². The Balaban J connectivity index is 1.92. The molecule has 0 radical (unpaired) electrons. The maximum atomic E-state index is 12.1. The van der Waals surface area contributed by atoms with E-state index in [0.717, 1.165) is 31.6 Å². The maximum absolute atomic E-state index is 12.1. The zero-order valence-electron chi connectivity index (χ0n) is 14.4. The van der Waals surface area contributed by atoms with Crippen molar-refractivity contribution in [1.82, 2.24) is 25.3 Å². The molecule has 2 aromatic rings. The minimum atomic E-state index is -3.38. The molecular formula is C16H22N6O2S. The van der Waals surface area contributed by atoms with Crippen molar-refractivity contribution < 1.29 is 8.42 Å². The van der Waals surface area contributed by atoms with Crippen LogP contribution in [0.15, 0.2) is 29.7 Å². The number of hydrogen-bond donors (Lipinski definition) is 1. The smallest absolute Gasteiger partial charge is 0.225 e. The molecule has 1 aliphatic heterocycles. The van der Waals surface area contributed by atoms with Crippen molar-refractivity contribution in [2.75, 3.05) is 31.3 Å². The molecule has 0 unspecified atom stereocenters. The number of nitrogens with one attached hydrogen (secondary N) is 1. The van der Waals surface area contributed by atoms with Crippen LogP contribution >= 0.6 is 0 Å². The van der Waals surface area contributed by atoms with Gasteiger partial charge in [0.05, 0.1) is 30.3 Å². The molecule has 0 aliphatic carbocycles. The molecule has 1 N–H and O–H groups in total. The van der Waals surface area contributed by atoms with Gasteiger partial charge in [0, 0.05) is 38.2 Å². The normalized spacial score (nSPS) is 18.1. The van der Waals surface area contributed by atoms with Crippen molar-refractivity contribution in [2.24, 2.45) is 0 Å². The van der Waals surface area contributed by atoms with Gasteiger partial charge in [0.1, 0.15) is 4.90 Å². The third kappa shape index (κ3) is 4.29. The summed E-state index contributed by atoms with van der Waals surface area (Å²) in [5, 5.41) is 3.31. The van der Waals surface area contributed by atoms with E-state index in [1.54, 1.807) is 18.6 Å². The molecule has 0 bridgehead atoms. The lowest BCUT2D eigenvalue weighted by atomic mass is 9.96. The van der Waals surface area contributed by atoms with Gasteiger partial charge < -0.3 is 10.2 Å². The van der Waals surface area contributed by atoms with Gasteiger partial charge in [-0.05, 0) is 19.4 Å². The molecular weight excluding hydrogens is 340 g/mol. The van der Waals surface area contributed by atoms with Crippen molar-refractivity contribution >= 4 is 15.8 Å². The highest BCUT2D eigenvalue weighted by molar-refractivity contribution is 7.90. The third-order valence-electron chi connectivity index (χ3n) is 4.21. The van der Waals surface area contributed by atoms with E-state index in [1.165, 1.54) is 12.5 Å². The van der Waals surface area contributed by atoms with Crippen LogP contribution in [0.3, 0.4) is 0 Å². The van der Waals surface area contributed by atoms with Gasteiger partial charge >= 0.3 is 0 Å².